The Hall–Kier alpha value is -0.960. The molecule has 0 amide bonds. The van der Waals surface area contributed by atoms with E-state index in [2.05, 4.69) is 20.0 Å². The lowest BCUT2D eigenvalue weighted by Crippen LogP contribution is -2.64. The zero-order chi connectivity index (χ0) is 18.3. The van der Waals surface area contributed by atoms with Gasteiger partial charge in [-0.05, 0) is 26.7 Å². The molecule has 146 valence electrons. The van der Waals surface area contributed by atoms with Crippen LogP contribution in [0.5, 0.6) is 0 Å². The summed E-state index contributed by atoms with van der Waals surface area (Å²) < 4.78 is 27.3. The van der Waals surface area contributed by atoms with Crippen LogP contribution in [0.15, 0.2) is 4.90 Å². The van der Waals surface area contributed by atoms with Gasteiger partial charge in [0.05, 0.1) is 11.4 Å². The summed E-state index contributed by atoms with van der Waals surface area (Å²) in [6, 6.07) is 1.15. The highest BCUT2D eigenvalue weighted by molar-refractivity contribution is 7.89. The first-order valence-electron chi connectivity index (χ1n) is 9.96. The van der Waals surface area contributed by atoms with E-state index in [1.54, 1.807) is 18.2 Å². The number of aryl methyl sites for hydroxylation is 2. The molecular formula is C18H31N5O2S. The van der Waals surface area contributed by atoms with Crippen LogP contribution >= 0.6 is 0 Å². The Labute approximate surface area is 156 Å². The summed E-state index contributed by atoms with van der Waals surface area (Å²) in [5, 5.41) is 6.82. The summed E-state index contributed by atoms with van der Waals surface area (Å²) in [6.07, 6.45) is 6.89. The van der Waals surface area contributed by atoms with E-state index in [9.17, 15) is 8.42 Å². The fourth-order valence-corrected chi connectivity index (χ4v) is 6.65. The highest BCUT2D eigenvalue weighted by atomic mass is 32.2. The van der Waals surface area contributed by atoms with Crippen molar-refractivity contribution < 1.29 is 8.42 Å². The van der Waals surface area contributed by atoms with E-state index < -0.39 is 10.0 Å². The molecule has 8 heteroatoms. The van der Waals surface area contributed by atoms with Crippen LogP contribution in [-0.4, -0.2) is 84.1 Å². The van der Waals surface area contributed by atoms with Crippen LogP contribution in [-0.2, 0) is 10.0 Å². The third-order valence-corrected chi connectivity index (χ3v) is 8.54. The Kier molecular flexibility index (Phi) is 5.11. The van der Waals surface area contributed by atoms with Gasteiger partial charge in [-0.25, -0.2) is 8.42 Å². The van der Waals surface area contributed by atoms with Crippen LogP contribution < -0.4 is 0 Å². The van der Waals surface area contributed by atoms with Gasteiger partial charge in [0.2, 0.25) is 10.0 Å². The van der Waals surface area contributed by atoms with Gasteiger partial charge < -0.3 is 0 Å². The number of piperazine rings is 1. The van der Waals surface area contributed by atoms with Crippen LogP contribution in [0.2, 0.25) is 0 Å². The Morgan fingerprint density at radius 3 is 2.04 bits per heavy atom. The van der Waals surface area contributed by atoms with Gasteiger partial charge in [-0.15, -0.1) is 0 Å². The van der Waals surface area contributed by atoms with E-state index in [0.717, 1.165) is 32.2 Å². The molecule has 0 bridgehead atoms. The molecule has 0 aromatic carbocycles. The van der Waals surface area contributed by atoms with Crippen molar-refractivity contribution in [3.8, 4) is 0 Å². The maximum atomic E-state index is 12.8. The lowest BCUT2D eigenvalue weighted by molar-refractivity contribution is 0.0202. The first-order chi connectivity index (χ1) is 12.5. The number of nitrogens with zero attached hydrogens (tertiary/aromatic N) is 4. The SMILES string of the molecule is Cc1n[nH]c(C)c1S(=O)(=O)N1CC(N2CCN(C3CCCCC3)CC2)C1. The molecule has 2 saturated heterocycles. The van der Waals surface area contributed by atoms with Crippen LogP contribution in [0.4, 0.5) is 0 Å². The van der Waals surface area contributed by atoms with Crippen molar-refractivity contribution in [2.45, 2.75) is 62.9 Å². The number of H-pyrrole nitrogens is 1. The fourth-order valence-electron chi connectivity index (χ4n) is 4.81. The number of aromatic nitrogens is 2. The number of hydrogen-bond acceptors (Lipinski definition) is 5. The van der Waals surface area contributed by atoms with E-state index in [1.807, 2.05) is 0 Å². The van der Waals surface area contributed by atoms with Crippen molar-refractivity contribution in [3.05, 3.63) is 11.4 Å². The number of aromatic amines is 1. The lowest BCUT2D eigenvalue weighted by Gasteiger charge is -2.48. The van der Waals surface area contributed by atoms with Gasteiger partial charge >= 0.3 is 0 Å². The van der Waals surface area contributed by atoms with Crippen molar-refractivity contribution in [2.24, 2.45) is 0 Å². The topological polar surface area (TPSA) is 72.5 Å². The Morgan fingerprint density at radius 1 is 0.923 bits per heavy atom. The number of sulfonamides is 1. The molecule has 0 atom stereocenters. The molecule has 2 aliphatic heterocycles. The molecule has 0 spiro atoms. The molecule has 4 rings (SSSR count). The van der Waals surface area contributed by atoms with Gasteiger partial charge in [-0.2, -0.15) is 9.40 Å². The highest BCUT2D eigenvalue weighted by Gasteiger charge is 2.42. The zero-order valence-corrected chi connectivity index (χ0v) is 16.8. The Balaban J connectivity index is 1.30. The summed E-state index contributed by atoms with van der Waals surface area (Å²) >= 11 is 0. The molecular weight excluding hydrogens is 350 g/mol. The average molecular weight is 382 g/mol. The van der Waals surface area contributed by atoms with Crippen LogP contribution in [0.25, 0.3) is 0 Å². The minimum absolute atomic E-state index is 0.359. The maximum Gasteiger partial charge on any atom is 0.246 e. The highest BCUT2D eigenvalue weighted by Crippen LogP contribution is 2.29. The summed E-state index contributed by atoms with van der Waals surface area (Å²) in [4.78, 5) is 5.51. The molecule has 3 aliphatic rings. The predicted octanol–water partition coefficient (Wildman–Crippen LogP) is 1.35. The summed E-state index contributed by atoms with van der Waals surface area (Å²) in [7, 11) is -3.42. The van der Waals surface area contributed by atoms with Crippen molar-refractivity contribution in [1.29, 1.82) is 0 Å². The van der Waals surface area contributed by atoms with E-state index in [-0.39, 0.29) is 0 Å². The second-order valence-electron chi connectivity index (χ2n) is 8.10. The van der Waals surface area contributed by atoms with Gasteiger partial charge in [0.25, 0.3) is 0 Å². The number of rotatable bonds is 4. The molecule has 1 N–H and O–H groups in total. The molecule has 1 saturated carbocycles. The van der Waals surface area contributed by atoms with Gasteiger partial charge in [0.1, 0.15) is 4.90 Å². The van der Waals surface area contributed by atoms with Gasteiger partial charge in [0.15, 0.2) is 0 Å². The first kappa shape index (κ1) is 18.4. The van der Waals surface area contributed by atoms with Crippen molar-refractivity contribution in [1.82, 2.24) is 24.3 Å². The quantitative estimate of drug-likeness (QED) is 0.852. The summed E-state index contributed by atoms with van der Waals surface area (Å²) in [6.45, 7) is 9.14. The maximum absolute atomic E-state index is 12.8. The number of hydrogen-bond donors (Lipinski definition) is 1. The second kappa shape index (κ2) is 7.22. The molecule has 1 aromatic heterocycles. The minimum atomic E-state index is -3.42. The Morgan fingerprint density at radius 2 is 1.50 bits per heavy atom. The first-order valence-corrected chi connectivity index (χ1v) is 11.4. The molecule has 0 unspecified atom stereocenters. The smallest absolute Gasteiger partial charge is 0.246 e. The normalized spacial score (nSPS) is 25.5. The third-order valence-electron chi connectivity index (χ3n) is 6.44. The zero-order valence-electron chi connectivity index (χ0n) is 15.9. The van der Waals surface area contributed by atoms with Gasteiger partial charge in [-0.3, -0.25) is 14.9 Å². The minimum Gasteiger partial charge on any atom is -0.298 e. The average Bonchev–Trinajstić information content (AvgIpc) is 2.94. The summed E-state index contributed by atoms with van der Waals surface area (Å²) in [5.41, 5.74) is 1.19. The lowest BCUT2D eigenvalue weighted by atomic mass is 9.93. The van der Waals surface area contributed by atoms with E-state index in [0.29, 0.717) is 35.4 Å². The molecule has 1 aromatic rings. The second-order valence-corrected chi connectivity index (χ2v) is 9.98. The Bertz CT molecular complexity index is 707. The third kappa shape index (κ3) is 3.32. The van der Waals surface area contributed by atoms with Gasteiger partial charge in [0, 0.05) is 51.4 Å². The standard InChI is InChI=1S/C18H31N5O2S/c1-14-18(15(2)20-19-14)26(24,25)23-12-17(13-23)22-10-8-21(9-11-22)16-6-4-3-5-7-16/h16-17H,3-13H2,1-2H3,(H,19,20). The molecule has 7 nitrogen and oxygen atoms in total. The number of nitrogens with one attached hydrogen (secondary N) is 1. The van der Waals surface area contributed by atoms with Crippen LogP contribution in [0.1, 0.15) is 43.5 Å². The monoisotopic (exact) mass is 381 g/mol. The predicted molar refractivity (Wildman–Crippen MR) is 101 cm³/mol. The van der Waals surface area contributed by atoms with E-state index in [1.165, 1.54) is 32.1 Å². The van der Waals surface area contributed by atoms with Crippen LogP contribution in [0, 0.1) is 13.8 Å². The molecule has 1 aliphatic carbocycles. The largest absolute Gasteiger partial charge is 0.298 e. The molecule has 0 radical (unpaired) electrons. The van der Waals surface area contributed by atoms with Crippen molar-refractivity contribution in [3.63, 3.8) is 0 Å². The van der Waals surface area contributed by atoms with E-state index in [4.69, 9.17) is 0 Å². The van der Waals surface area contributed by atoms with E-state index >= 15 is 0 Å². The summed E-state index contributed by atoms with van der Waals surface area (Å²) in [5.74, 6) is 0. The molecule has 26 heavy (non-hydrogen) atoms. The van der Waals surface area contributed by atoms with Gasteiger partial charge in [-0.1, -0.05) is 19.3 Å². The molecule has 3 fully saturated rings. The van der Waals surface area contributed by atoms with Crippen molar-refractivity contribution >= 4 is 10.0 Å². The fraction of sp³-hybridized carbons (Fsp3) is 0.833. The molecule has 3 heterocycles. The van der Waals surface area contributed by atoms with Crippen LogP contribution in [0.3, 0.4) is 0 Å². The van der Waals surface area contributed by atoms with Crippen molar-refractivity contribution in [2.75, 3.05) is 39.3 Å².